The molecule has 1 fully saturated rings. The SMILES string of the molecule is CCN1CCCC(NC(C)c2nc3ccccc3s2)C1. The van der Waals surface area contributed by atoms with E-state index in [1.165, 1.54) is 35.6 Å². The Balaban J connectivity index is 1.67. The third kappa shape index (κ3) is 3.03. The van der Waals surface area contributed by atoms with Gasteiger partial charge < -0.3 is 10.2 Å². The predicted molar refractivity (Wildman–Crippen MR) is 86.3 cm³/mol. The van der Waals surface area contributed by atoms with Gasteiger partial charge in [0.15, 0.2) is 0 Å². The number of benzene rings is 1. The lowest BCUT2D eigenvalue weighted by Crippen LogP contribution is -2.46. The van der Waals surface area contributed by atoms with E-state index in [1.807, 2.05) is 11.3 Å². The van der Waals surface area contributed by atoms with Gasteiger partial charge in [0.05, 0.1) is 16.3 Å². The molecule has 3 rings (SSSR count). The molecule has 0 amide bonds. The molecule has 1 aromatic carbocycles. The van der Waals surface area contributed by atoms with Crippen LogP contribution in [-0.2, 0) is 0 Å². The van der Waals surface area contributed by atoms with Crippen LogP contribution in [0.4, 0.5) is 0 Å². The van der Waals surface area contributed by atoms with Gasteiger partial charge in [-0.15, -0.1) is 11.3 Å². The Hall–Kier alpha value is -0.970. The van der Waals surface area contributed by atoms with E-state index in [0.29, 0.717) is 12.1 Å². The number of aromatic nitrogens is 1. The number of fused-ring (bicyclic) bond motifs is 1. The van der Waals surface area contributed by atoms with Crippen LogP contribution in [0.15, 0.2) is 24.3 Å². The van der Waals surface area contributed by atoms with Crippen LogP contribution in [0.3, 0.4) is 0 Å². The summed E-state index contributed by atoms with van der Waals surface area (Å²) in [6.07, 6.45) is 2.59. The van der Waals surface area contributed by atoms with E-state index in [9.17, 15) is 0 Å². The molecule has 2 atom stereocenters. The Morgan fingerprint density at radius 3 is 3.10 bits per heavy atom. The van der Waals surface area contributed by atoms with Crippen molar-refractivity contribution in [3.8, 4) is 0 Å². The van der Waals surface area contributed by atoms with Crippen LogP contribution in [0, 0.1) is 0 Å². The van der Waals surface area contributed by atoms with Crippen LogP contribution >= 0.6 is 11.3 Å². The molecular weight excluding hydrogens is 266 g/mol. The molecule has 3 nitrogen and oxygen atoms in total. The summed E-state index contributed by atoms with van der Waals surface area (Å²) in [5, 5.41) is 4.97. The van der Waals surface area contributed by atoms with Crippen molar-refractivity contribution in [3.63, 3.8) is 0 Å². The van der Waals surface area contributed by atoms with E-state index in [-0.39, 0.29) is 0 Å². The summed E-state index contributed by atoms with van der Waals surface area (Å²) in [7, 11) is 0. The molecule has 0 spiro atoms. The first kappa shape index (κ1) is 14.0. The number of thiazole rings is 1. The molecule has 1 N–H and O–H groups in total. The number of hydrogen-bond acceptors (Lipinski definition) is 4. The second-order valence-corrected chi connectivity index (χ2v) is 6.70. The van der Waals surface area contributed by atoms with Gasteiger partial charge in [-0.2, -0.15) is 0 Å². The van der Waals surface area contributed by atoms with Crippen LogP contribution in [0.2, 0.25) is 0 Å². The molecule has 2 heterocycles. The van der Waals surface area contributed by atoms with Gasteiger partial charge in [-0.1, -0.05) is 19.1 Å². The number of likely N-dealkylation sites (N-methyl/N-ethyl adjacent to an activating group) is 1. The molecule has 0 radical (unpaired) electrons. The summed E-state index contributed by atoms with van der Waals surface area (Å²) in [5.41, 5.74) is 1.12. The third-order valence-electron chi connectivity index (χ3n) is 4.12. The predicted octanol–water partition coefficient (Wildman–Crippen LogP) is 3.43. The number of piperidine rings is 1. The summed E-state index contributed by atoms with van der Waals surface area (Å²) in [6.45, 7) is 8.07. The molecule has 2 aromatic rings. The summed E-state index contributed by atoms with van der Waals surface area (Å²) in [4.78, 5) is 7.29. The topological polar surface area (TPSA) is 28.2 Å². The fourth-order valence-electron chi connectivity index (χ4n) is 2.98. The van der Waals surface area contributed by atoms with E-state index >= 15 is 0 Å². The van der Waals surface area contributed by atoms with Crippen molar-refractivity contribution in [2.45, 2.75) is 38.8 Å². The molecule has 1 aromatic heterocycles. The summed E-state index contributed by atoms with van der Waals surface area (Å²) in [5.74, 6) is 0. The highest BCUT2D eigenvalue weighted by Crippen LogP contribution is 2.26. The van der Waals surface area contributed by atoms with Crippen LogP contribution < -0.4 is 5.32 Å². The van der Waals surface area contributed by atoms with Crippen molar-refractivity contribution < 1.29 is 0 Å². The number of nitrogens with one attached hydrogen (secondary N) is 1. The van der Waals surface area contributed by atoms with Crippen molar-refractivity contribution in [2.75, 3.05) is 19.6 Å². The van der Waals surface area contributed by atoms with Gasteiger partial charge in [0.2, 0.25) is 0 Å². The Morgan fingerprint density at radius 1 is 1.45 bits per heavy atom. The molecule has 1 saturated heterocycles. The molecule has 1 aliphatic rings. The van der Waals surface area contributed by atoms with Gasteiger partial charge in [-0.05, 0) is 45.0 Å². The molecule has 4 heteroatoms. The smallest absolute Gasteiger partial charge is 0.111 e. The highest BCUT2D eigenvalue weighted by Gasteiger charge is 2.21. The van der Waals surface area contributed by atoms with Crippen LogP contribution in [0.25, 0.3) is 10.2 Å². The third-order valence-corrected chi connectivity index (χ3v) is 5.34. The highest BCUT2D eigenvalue weighted by atomic mass is 32.1. The lowest BCUT2D eigenvalue weighted by molar-refractivity contribution is 0.192. The summed E-state index contributed by atoms with van der Waals surface area (Å²) >= 11 is 1.81. The standard InChI is InChI=1S/C16H23N3S/c1-3-19-10-6-7-13(11-19)17-12(2)16-18-14-8-4-5-9-15(14)20-16/h4-5,8-9,12-13,17H,3,6-7,10-11H2,1-2H3. The number of hydrogen-bond donors (Lipinski definition) is 1. The largest absolute Gasteiger partial charge is 0.304 e. The molecule has 0 bridgehead atoms. The maximum atomic E-state index is 4.76. The van der Waals surface area contributed by atoms with Gasteiger partial charge in [0.25, 0.3) is 0 Å². The summed E-state index contributed by atoms with van der Waals surface area (Å²) < 4.78 is 1.29. The molecule has 20 heavy (non-hydrogen) atoms. The monoisotopic (exact) mass is 289 g/mol. The van der Waals surface area contributed by atoms with E-state index in [4.69, 9.17) is 4.98 Å². The van der Waals surface area contributed by atoms with E-state index < -0.39 is 0 Å². The second-order valence-electron chi connectivity index (χ2n) is 5.64. The minimum atomic E-state index is 0.342. The molecular formula is C16H23N3S. The second kappa shape index (κ2) is 6.20. The van der Waals surface area contributed by atoms with E-state index in [2.05, 4.69) is 48.3 Å². The quantitative estimate of drug-likeness (QED) is 0.934. The van der Waals surface area contributed by atoms with Gasteiger partial charge in [0, 0.05) is 12.6 Å². The van der Waals surface area contributed by atoms with Crippen molar-refractivity contribution >= 4 is 21.6 Å². The molecule has 0 aliphatic carbocycles. The number of para-hydroxylation sites is 1. The van der Waals surface area contributed by atoms with Crippen molar-refractivity contribution in [1.29, 1.82) is 0 Å². The number of nitrogens with zero attached hydrogens (tertiary/aromatic N) is 2. The molecule has 2 unspecified atom stereocenters. The fraction of sp³-hybridized carbons (Fsp3) is 0.562. The number of rotatable bonds is 4. The van der Waals surface area contributed by atoms with Crippen LogP contribution in [0.1, 0.15) is 37.7 Å². The van der Waals surface area contributed by atoms with Crippen molar-refractivity contribution in [2.24, 2.45) is 0 Å². The normalized spacial score (nSPS) is 22.2. The summed E-state index contributed by atoms with van der Waals surface area (Å²) in [6, 6.07) is 9.34. The maximum Gasteiger partial charge on any atom is 0.111 e. The Kier molecular flexibility index (Phi) is 4.34. The Bertz CT molecular complexity index is 533. The average Bonchev–Trinajstić information content (AvgIpc) is 2.91. The average molecular weight is 289 g/mol. The minimum absolute atomic E-state index is 0.342. The van der Waals surface area contributed by atoms with Gasteiger partial charge in [0.1, 0.15) is 5.01 Å². The minimum Gasteiger partial charge on any atom is -0.304 e. The van der Waals surface area contributed by atoms with Gasteiger partial charge >= 0.3 is 0 Å². The zero-order chi connectivity index (χ0) is 13.9. The maximum absolute atomic E-state index is 4.76. The molecule has 0 saturated carbocycles. The van der Waals surface area contributed by atoms with Gasteiger partial charge in [-0.3, -0.25) is 0 Å². The first-order valence-corrected chi connectivity index (χ1v) is 8.41. The highest BCUT2D eigenvalue weighted by molar-refractivity contribution is 7.18. The Labute approximate surface area is 125 Å². The zero-order valence-electron chi connectivity index (χ0n) is 12.3. The first-order valence-electron chi connectivity index (χ1n) is 7.60. The lowest BCUT2D eigenvalue weighted by Gasteiger charge is -2.33. The fourth-order valence-corrected chi connectivity index (χ4v) is 3.96. The number of likely N-dealkylation sites (tertiary alicyclic amines) is 1. The van der Waals surface area contributed by atoms with E-state index in [0.717, 1.165) is 12.1 Å². The van der Waals surface area contributed by atoms with Gasteiger partial charge in [-0.25, -0.2) is 4.98 Å². The van der Waals surface area contributed by atoms with Crippen molar-refractivity contribution in [3.05, 3.63) is 29.3 Å². The van der Waals surface area contributed by atoms with Crippen LogP contribution in [-0.4, -0.2) is 35.6 Å². The molecule has 1 aliphatic heterocycles. The zero-order valence-corrected chi connectivity index (χ0v) is 13.1. The molecule has 108 valence electrons. The first-order chi connectivity index (χ1) is 9.76. The lowest BCUT2D eigenvalue weighted by atomic mass is 10.1. The van der Waals surface area contributed by atoms with Crippen molar-refractivity contribution in [1.82, 2.24) is 15.2 Å². The van der Waals surface area contributed by atoms with E-state index in [1.54, 1.807) is 0 Å². The van der Waals surface area contributed by atoms with Crippen LogP contribution in [0.5, 0.6) is 0 Å². The Morgan fingerprint density at radius 2 is 2.30 bits per heavy atom.